The summed E-state index contributed by atoms with van der Waals surface area (Å²) in [6.07, 6.45) is 2.02. The minimum absolute atomic E-state index is 0.0722. The molecule has 0 aliphatic rings. The molecule has 0 amide bonds. The Bertz CT molecular complexity index is 525. The molecular formula is C16H22N2OS. The molecule has 0 saturated heterocycles. The van der Waals surface area contributed by atoms with Gasteiger partial charge in [0.1, 0.15) is 5.82 Å². The SMILES string of the molecule is CCCc1cc(CO)cc(N(CC)Cc2cccs2)n1. The van der Waals surface area contributed by atoms with E-state index in [4.69, 9.17) is 4.98 Å². The molecule has 20 heavy (non-hydrogen) atoms. The predicted molar refractivity (Wildman–Crippen MR) is 85.2 cm³/mol. The maximum absolute atomic E-state index is 9.42. The highest BCUT2D eigenvalue weighted by Crippen LogP contribution is 2.20. The summed E-state index contributed by atoms with van der Waals surface area (Å²) < 4.78 is 0. The Balaban J connectivity index is 2.25. The lowest BCUT2D eigenvalue weighted by molar-refractivity contribution is 0.281. The second-order valence-corrected chi connectivity index (χ2v) is 5.86. The van der Waals surface area contributed by atoms with Crippen LogP contribution in [0.3, 0.4) is 0 Å². The normalized spacial score (nSPS) is 10.8. The Morgan fingerprint density at radius 1 is 1.30 bits per heavy atom. The number of aliphatic hydroxyl groups is 1. The first kappa shape index (κ1) is 15.0. The molecule has 0 aromatic carbocycles. The number of hydrogen-bond acceptors (Lipinski definition) is 4. The molecule has 0 fully saturated rings. The van der Waals surface area contributed by atoms with Crippen LogP contribution in [0.1, 0.15) is 36.4 Å². The minimum atomic E-state index is 0.0722. The van der Waals surface area contributed by atoms with Gasteiger partial charge in [0.2, 0.25) is 0 Å². The van der Waals surface area contributed by atoms with E-state index in [1.165, 1.54) is 4.88 Å². The van der Waals surface area contributed by atoms with Crippen LogP contribution in [0.5, 0.6) is 0 Å². The molecule has 3 nitrogen and oxygen atoms in total. The van der Waals surface area contributed by atoms with Gasteiger partial charge in [-0.2, -0.15) is 0 Å². The van der Waals surface area contributed by atoms with Crippen LogP contribution < -0.4 is 4.90 Å². The third kappa shape index (κ3) is 3.81. The van der Waals surface area contributed by atoms with Gasteiger partial charge in [0, 0.05) is 17.1 Å². The van der Waals surface area contributed by atoms with Crippen molar-refractivity contribution in [1.82, 2.24) is 4.98 Å². The maximum atomic E-state index is 9.42. The highest BCUT2D eigenvalue weighted by Gasteiger charge is 2.10. The van der Waals surface area contributed by atoms with Crippen molar-refractivity contribution < 1.29 is 5.11 Å². The lowest BCUT2D eigenvalue weighted by Gasteiger charge is -2.22. The van der Waals surface area contributed by atoms with Crippen LogP contribution in [0.15, 0.2) is 29.6 Å². The van der Waals surface area contributed by atoms with Crippen molar-refractivity contribution in [2.75, 3.05) is 11.4 Å². The van der Waals surface area contributed by atoms with Gasteiger partial charge in [-0.3, -0.25) is 0 Å². The van der Waals surface area contributed by atoms with E-state index in [1.807, 2.05) is 12.1 Å². The fourth-order valence-corrected chi connectivity index (χ4v) is 2.94. The van der Waals surface area contributed by atoms with Crippen LogP contribution in [0.4, 0.5) is 5.82 Å². The molecule has 1 N–H and O–H groups in total. The standard InChI is InChI=1S/C16H22N2OS/c1-3-6-14-9-13(12-19)10-16(17-14)18(4-2)11-15-7-5-8-20-15/h5,7-10,19H,3-4,6,11-12H2,1-2H3. The topological polar surface area (TPSA) is 36.4 Å². The van der Waals surface area contributed by atoms with Crippen molar-refractivity contribution >= 4 is 17.2 Å². The van der Waals surface area contributed by atoms with Crippen LogP contribution >= 0.6 is 11.3 Å². The first-order valence-corrected chi connectivity index (χ1v) is 8.02. The predicted octanol–water partition coefficient (Wildman–Crippen LogP) is 3.61. The molecule has 2 aromatic heterocycles. The van der Waals surface area contributed by atoms with Crippen LogP contribution in [0, 0.1) is 0 Å². The number of rotatable bonds is 7. The lowest BCUT2D eigenvalue weighted by atomic mass is 10.1. The molecule has 0 radical (unpaired) electrons. The molecule has 108 valence electrons. The van der Waals surface area contributed by atoms with Crippen LogP contribution in [0.2, 0.25) is 0 Å². The van der Waals surface area contributed by atoms with E-state index in [-0.39, 0.29) is 6.61 Å². The van der Waals surface area contributed by atoms with Gasteiger partial charge < -0.3 is 10.0 Å². The Morgan fingerprint density at radius 2 is 2.15 bits per heavy atom. The smallest absolute Gasteiger partial charge is 0.129 e. The Labute approximate surface area is 124 Å². The highest BCUT2D eigenvalue weighted by molar-refractivity contribution is 7.09. The zero-order chi connectivity index (χ0) is 14.4. The summed E-state index contributed by atoms with van der Waals surface area (Å²) in [6.45, 7) is 6.15. The summed E-state index contributed by atoms with van der Waals surface area (Å²) in [5.74, 6) is 0.968. The van der Waals surface area contributed by atoms with E-state index in [2.05, 4.69) is 36.3 Å². The minimum Gasteiger partial charge on any atom is -0.392 e. The molecule has 0 atom stereocenters. The summed E-state index contributed by atoms with van der Waals surface area (Å²) in [5, 5.41) is 11.5. The van der Waals surface area contributed by atoms with Gasteiger partial charge in [0.15, 0.2) is 0 Å². The Kier molecular flexibility index (Phi) is 5.56. The highest BCUT2D eigenvalue weighted by atomic mass is 32.1. The van der Waals surface area contributed by atoms with Crippen molar-refractivity contribution in [1.29, 1.82) is 0 Å². The number of nitrogens with zero attached hydrogens (tertiary/aromatic N) is 2. The summed E-state index contributed by atoms with van der Waals surface area (Å²) in [7, 11) is 0. The van der Waals surface area contributed by atoms with Crippen LogP contribution in [-0.4, -0.2) is 16.6 Å². The third-order valence-corrected chi connectivity index (χ3v) is 4.11. The molecule has 4 heteroatoms. The number of aliphatic hydroxyl groups excluding tert-OH is 1. The molecule has 0 saturated carbocycles. The zero-order valence-corrected chi connectivity index (χ0v) is 13.0. The fourth-order valence-electron chi connectivity index (χ4n) is 2.22. The molecule has 0 unspecified atom stereocenters. The molecular weight excluding hydrogens is 268 g/mol. The average molecular weight is 290 g/mol. The van der Waals surface area contributed by atoms with Crippen LogP contribution in [-0.2, 0) is 19.6 Å². The van der Waals surface area contributed by atoms with Crippen molar-refractivity contribution in [2.24, 2.45) is 0 Å². The number of aryl methyl sites for hydroxylation is 1. The second kappa shape index (κ2) is 7.41. The lowest BCUT2D eigenvalue weighted by Crippen LogP contribution is -2.23. The second-order valence-electron chi connectivity index (χ2n) is 4.83. The molecule has 0 aliphatic heterocycles. The molecule has 2 aromatic rings. The summed E-state index contributed by atoms with van der Waals surface area (Å²) in [4.78, 5) is 8.33. The molecule has 0 spiro atoms. The first-order valence-electron chi connectivity index (χ1n) is 7.14. The Morgan fingerprint density at radius 3 is 2.75 bits per heavy atom. The van der Waals surface area contributed by atoms with Crippen molar-refractivity contribution in [3.05, 3.63) is 45.8 Å². The first-order chi connectivity index (χ1) is 9.76. The van der Waals surface area contributed by atoms with Crippen molar-refractivity contribution in [3.63, 3.8) is 0 Å². The summed E-state index contributed by atoms with van der Waals surface area (Å²) in [5.41, 5.74) is 2.02. The number of thiophene rings is 1. The van der Waals surface area contributed by atoms with E-state index in [0.717, 1.165) is 43.0 Å². The van der Waals surface area contributed by atoms with Gasteiger partial charge in [-0.05, 0) is 42.5 Å². The van der Waals surface area contributed by atoms with Crippen molar-refractivity contribution in [2.45, 2.75) is 39.8 Å². The number of anilines is 1. The molecule has 0 bridgehead atoms. The summed E-state index contributed by atoms with van der Waals surface area (Å²) >= 11 is 1.77. The van der Waals surface area contributed by atoms with Gasteiger partial charge in [0.05, 0.1) is 13.2 Å². The number of aromatic nitrogens is 1. The largest absolute Gasteiger partial charge is 0.392 e. The number of pyridine rings is 1. The average Bonchev–Trinajstić information content (AvgIpc) is 2.97. The van der Waals surface area contributed by atoms with E-state index < -0.39 is 0 Å². The van der Waals surface area contributed by atoms with Gasteiger partial charge >= 0.3 is 0 Å². The van der Waals surface area contributed by atoms with E-state index in [1.54, 1.807) is 11.3 Å². The third-order valence-electron chi connectivity index (χ3n) is 3.25. The molecule has 2 heterocycles. The summed E-state index contributed by atoms with van der Waals surface area (Å²) in [6, 6.07) is 8.23. The van der Waals surface area contributed by atoms with E-state index >= 15 is 0 Å². The van der Waals surface area contributed by atoms with E-state index in [0.29, 0.717) is 0 Å². The van der Waals surface area contributed by atoms with Gasteiger partial charge in [-0.25, -0.2) is 4.98 Å². The quantitative estimate of drug-likeness (QED) is 0.846. The van der Waals surface area contributed by atoms with Gasteiger partial charge in [0.25, 0.3) is 0 Å². The molecule has 0 aliphatic carbocycles. The number of hydrogen-bond donors (Lipinski definition) is 1. The van der Waals surface area contributed by atoms with Crippen LogP contribution in [0.25, 0.3) is 0 Å². The monoisotopic (exact) mass is 290 g/mol. The zero-order valence-electron chi connectivity index (χ0n) is 12.2. The fraction of sp³-hybridized carbons (Fsp3) is 0.438. The van der Waals surface area contributed by atoms with Gasteiger partial charge in [-0.1, -0.05) is 19.4 Å². The Hall–Kier alpha value is -1.39. The van der Waals surface area contributed by atoms with Crippen molar-refractivity contribution in [3.8, 4) is 0 Å². The van der Waals surface area contributed by atoms with E-state index in [9.17, 15) is 5.11 Å². The van der Waals surface area contributed by atoms with Gasteiger partial charge in [-0.15, -0.1) is 11.3 Å². The molecule has 2 rings (SSSR count). The maximum Gasteiger partial charge on any atom is 0.129 e.